The van der Waals surface area contributed by atoms with Gasteiger partial charge in [0.2, 0.25) is 0 Å². The van der Waals surface area contributed by atoms with Gasteiger partial charge >= 0.3 is 5.97 Å². The maximum absolute atomic E-state index is 12.0. The predicted octanol–water partition coefficient (Wildman–Crippen LogP) is 4.21. The van der Waals surface area contributed by atoms with Crippen LogP contribution in [0.4, 0.5) is 5.69 Å². The van der Waals surface area contributed by atoms with E-state index in [1.807, 2.05) is 60.7 Å². The molecule has 3 aromatic carbocycles. The monoisotopic (exact) mass is 363 g/mol. The third kappa shape index (κ3) is 4.79. The van der Waals surface area contributed by atoms with Crippen molar-refractivity contribution in [3.05, 3.63) is 89.5 Å². The Labute approximate surface area is 158 Å². The molecular weight excluding hydrogens is 342 g/mol. The second kappa shape index (κ2) is 8.76. The summed E-state index contributed by atoms with van der Waals surface area (Å²) < 4.78 is 16.6. The summed E-state index contributed by atoms with van der Waals surface area (Å²) in [6, 6.07) is 22.7. The molecule has 0 amide bonds. The van der Waals surface area contributed by atoms with Gasteiger partial charge in [-0.15, -0.1) is 0 Å². The first-order valence-electron chi connectivity index (χ1n) is 8.52. The van der Waals surface area contributed by atoms with Crippen molar-refractivity contribution in [1.29, 1.82) is 0 Å². The Balaban J connectivity index is 1.85. The molecule has 0 fully saturated rings. The van der Waals surface area contributed by atoms with Crippen molar-refractivity contribution < 1.29 is 19.0 Å². The minimum Gasteiger partial charge on any atom is -0.485 e. The van der Waals surface area contributed by atoms with Gasteiger partial charge < -0.3 is 19.9 Å². The lowest BCUT2D eigenvalue weighted by molar-refractivity contribution is 0.0601. The summed E-state index contributed by atoms with van der Waals surface area (Å²) in [7, 11) is 1.31. The fourth-order valence-corrected chi connectivity index (χ4v) is 2.56. The Morgan fingerprint density at radius 1 is 0.815 bits per heavy atom. The zero-order chi connectivity index (χ0) is 19.1. The highest BCUT2D eigenvalue weighted by molar-refractivity contribution is 5.96. The van der Waals surface area contributed by atoms with Crippen molar-refractivity contribution in [1.82, 2.24) is 0 Å². The van der Waals surface area contributed by atoms with Crippen LogP contribution in [0, 0.1) is 0 Å². The van der Waals surface area contributed by atoms with Crippen molar-refractivity contribution in [2.24, 2.45) is 0 Å². The third-order valence-corrected chi connectivity index (χ3v) is 4.00. The van der Waals surface area contributed by atoms with Gasteiger partial charge in [0.1, 0.15) is 13.2 Å². The van der Waals surface area contributed by atoms with Crippen molar-refractivity contribution in [3.8, 4) is 11.5 Å². The average Bonchev–Trinajstić information content (AvgIpc) is 2.72. The summed E-state index contributed by atoms with van der Waals surface area (Å²) in [5.74, 6) is 0.385. The van der Waals surface area contributed by atoms with Gasteiger partial charge in [-0.05, 0) is 11.1 Å². The van der Waals surface area contributed by atoms with E-state index in [4.69, 9.17) is 19.9 Å². The minimum absolute atomic E-state index is 0.243. The molecule has 0 bridgehead atoms. The summed E-state index contributed by atoms with van der Waals surface area (Å²) in [4.78, 5) is 12.0. The van der Waals surface area contributed by atoms with E-state index in [-0.39, 0.29) is 11.3 Å². The second-order valence-corrected chi connectivity index (χ2v) is 5.93. The number of benzene rings is 3. The molecule has 3 rings (SSSR count). The zero-order valence-electron chi connectivity index (χ0n) is 15.1. The van der Waals surface area contributed by atoms with Gasteiger partial charge in [0, 0.05) is 12.1 Å². The standard InChI is InChI=1S/C22H21NO4/c1-25-22(24)18-12-20(26-14-16-8-4-2-5-9-16)21(13-19(18)23)27-15-17-10-6-3-7-11-17/h2-13H,14-15,23H2,1H3. The van der Waals surface area contributed by atoms with Crippen molar-refractivity contribution in [2.75, 3.05) is 12.8 Å². The van der Waals surface area contributed by atoms with E-state index in [2.05, 4.69) is 0 Å². The van der Waals surface area contributed by atoms with E-state index in [0.717, 1.165) is 11.1 Å². The Morgan fingerprint density at radius 2 is 1.30 bits per heavy atom. The third-order valence-electron chi connectivity index (χ3n) is 4.00. The predicted molar refractivity (Wildman–Crippen MR) is 104 cm³/mol. The van der Waals surface area contributed by atoms with E-state index in [9.17, 15) is 4.79 Å². The van der Waals surface area contributed by atoms with E-state index in [1.165, 1.54) is 7.11 Å². The van der Waals surface area contributed by atoms with Gasteiger partial charge in [-0.2, -0.15) is 0 Å². The van der Waals surface area contributed by atoms with Crippen LogP contribution in [0.15, 0.2) is 72.8 Å². The molecule has 5 heteroatoms. The van der Waals surface area contributed by atoms with E-state index < -0.39 is 5.97 Å². The summed E-state index contributed by atoms with van der Waals surface area (Å²) in [6.45, 7) is 0.701. The molecule has 27 heavy (non-hydrogen) atoms. The maximum Gasteiger partial charge on any atom is 0.340 e. The second-order valence-electron chi connectivity index (χ2n) is 5.93. The van der Waals surface area contributed by atoms with Crippen molar-refractivity contribution in [2.45, 2.75) is 13.2 Å². The number of hydrogen-bond donors (Lipinski definition) is 1. The number of esters is 1. The zero-order valence-corrected chi connectivity index (χ0v) is 15.1. The molecule has 0 atom stereocenters. The quantitative estimate of drug-likeness (QED) is 0.503. The molecule has 138 valence electrons. The van der Waals surface area contributed by atoms with Gasteiger partial charge in [-0.1, -0.05) is 60.7 Å². The lowest BCUT2D eigenvalue weighted by Crippen LogP contribution is -2.08. The number of methoxy groups -OCH3 is 1. The van der Waals surface area contributed by atoms with Crippen LogP contribution in [0.1, 0.15) is 21.5 Å². The number of rotatable bonds is 7. The fourth-order valence-electron chi connectivity index (χ4n) is 2.56. The van der Waals surface area contributed by atoms with Crippen LogP contribution in [0.25, 0.3) is 0 Å². The molecule has 0 aromatic heterocycles. The number of nitrogen functional groups attached to an aromatic ring is 1. The molecule has 0 radical (unpaired) electrons. The number of anilines is 1. The maximum atomic E-state index is 12.0. The van der Waals surface area contributed by atoms with Crippen LogP contribution in [0.2, 0.25) is 0 Å². The van der Waals surface area contributed by atoms with E-state index >= 15 is 0 Å². The summed E-state index contributed by atoms with van der Waals surface area (Å²) in [5.41, 5.74) is 8.54. The van der Waals surface area contributed by atoms with Gasteiger partial charge in [-0.25, -0.2) is 4.79 Å². The Bertz CT molecular complexity index is 895. The molecule has 5 nitrogen and oxygen atoms in total. The lowest BCUT2D eigenvalue weighted by Gasteiger charge is -2.15. The van der Waals surface area contributed by atoms with Crippen LogP contribution in [0.3, 0.4) is 0 Å². The molecular formula is C22H21NO4. The average molecular weight is 363 g/mol. The first-order chi connectivity index (χ1) is 13.2. The number of nitrogens with two attached hydrogens (primary N) is 1. The summed E-state index contributed by atoms with van der Waals surface area (Å²) in [5, 5.41) is 0. The largest absolute Gasteiger partial charge is 0.485 e. The summed E-state index contributed by atoms with van der Waals surface area (Å²) >= 11 is 0. The Hall–Kier alpha value is -3.47. The van der Waals surface area contributed by atoms with E-state index in [1.54, 1.807) is 12.1 Å². The van der Waals surface area contributed by atoms with Gasteiger partial charge in [-0.3, -0.25) is 0 Å². The molecule has 0 heterocycles. The molecule has 0 aliphatic rings. The summed E-state index contributed by atoms with van der Waals surface area (Å²) in [6.07, 6.45) is 0. The lowest BCUT2D eigenvalue weighted by atomic mass is 10.1. The SMILES string of the molecule is COC(=O)c1cc(OCc2ccccc2)c(OCc2ccccc2)cc1N. The highest BCUT2D eigenvalue weighted by atomic mass is 16.5. The van der Waals surface area contributed by atoms with Crippen LogP contribution in [0.5, 0.6) is 11.5 Å². The fraction of sp³-hybridized carbons (Fsp3) is 0.136. The Morgan fingerprint density at radius 3 is 1.78 bits per heavy atom. The highest BCUT2D eigenvalue weighted by Crippen LogP contribution is 2.34. The van der Waals surface area contributed by atoms with Crippen LogP contribution >= 0.6 is 0 Å². The molecule has 0 saturated heterocycles. The first kappa shape index (κ1) is 18.3. The van der Waals surface area contributed by atoms with E-state index in [0.29, 0.717) is 24.7 Å². The van der Waals surface area contributed by atoms with Crippen LogP contribution < -0.4 is 15.2 Å². The molecule has 2 N–H and O–H groups in total. The highest BCUT2D eigenvalue weighted by Gasteiger charge is 2.17. The molecule has 0 aliphatic heterocycles. The van der Waals surface area contributed by atoms with Crippen LogP contribution in [-0.2, 0) is 18.0 Å². The number of hydrogen-bond acceptors (Lipinski definition) is 5. The van der Waals surface area contributed by atoms with Gasteiger partial charge in [0.15, 0.2) is 11.5 Å². The Kier molecular flexibility index (Phi) is 5.94. The molecule has 3 aromatic rings. The normalized spacial score (nSPS) is 10.3. The number of carbonyl (C=O) groups excluding carboxylic acids is 1. The molecule has 0 saturated carbocycles. The van der Waals surface area contributed by atoms with Crippen molar-refractivity contribution >= 4 is 11.7 Å². The topological polar surface area (TPSA) is 70.8 Å². The van der Waals surface area contributed by atoms with Crippen molar-refractivity contribution in [3.63, 3.8) is 0 Å². The molecule has 0 spiro atoms. The smallest absolute Gasteiger partial charge is 0.340 e. The number of ether oxygens (including phenoxy) is 3. The first-order valence-corrected chi connectivity index (χ1v) is 8.52. The van der Waals surface area contributed by atoms with Gasteiger partial charge in [0.25, 0.3) is 0 Å². The molecule has 0 aliphatic carbocycles. The van der Waals surface area contributed by atoms with Crippen LogP contribution in [-0.4, -0.2) is 13.1 Å². The number of carbonyl (C=O) groups is 1. The van der Waals surface area contributed by atoms with Gasteiger partial charge in [0.05, 0.1) is 18.4 Å². The molecule has 0 unspecified atom stereocenters. The minimum atomic E-state index is -0.522.